The Hall–Kier alpha value is -2.22. The van der Waals surface area contributed by atoms with Gasteiger partial charge in [-0.15, -0.1) is 0 Å². The summed E-state index contributed by atoms with van der Waals surface area (Å²) in [5, 5.41) is 2.88. The summed E-state index contributed by atoms with van der Waals surface area (Å²) >= 11 is 0. The maximum atomic E-state index is 12.5. The van der Waals surface area contributed by atoms with E-state index in [4.69, 9.17) is 0 Å². The van der Waals surface area contributed by atoms with Gasteiger partial charge in [0.2, 0.25) is 5.91 Å². The van der Waals surface area contributed by atoms with E-state index in [9.17, 15) is 18.4 Å². The highest BCUT2D eigenvalue weighted by molar-refractivity contribution is 5.94. The fourth-order valence-corrected chi connectivity index (χ4v) is 2.73. The van der Waals surface area contributed by atoms with Gasteiger partial charge < -0.3 is 15.0 Å². The Morgan fingerprint density at radius 1 is 1.15 bits per heavy atom. The molecular formula is C18H25F2N3O3. The lowest BCUT2D eigenvalue weighted by molar-refractivity contribution is -0.122. The van der Waals surface area contributed by atoms with Crippen molar-refractivity contribution in [1.29, 1.82) is 0 Å². The van der Waals surface area contributed by atoms with E-state index >= 15 is 0 Å². The van der Waals surface area contributed by atoms with Crippen molar-refractivity contribution in [1.82, 2.24) is 15.1 Å². The Morgan fingerprint density at radius 2 is 1.81 bits per heavy atom. The number of amides is 2. The molecule has 0 radical (unpaired) electrons. The molecule has 0 aliphatic carbocycles. The number of hydrogen-bond acceptors (Lipinski definition) is 4. The summed E-state index contributed by atoms with van der Waals surface area (Å²) in [6, 6.07) is 5.67. The Bertz CT molecular complexity index is 588. The Labute approximate surface area is 152 Å². The van der Waals surface area contributed by atoms with Crippen molar-refractivity contribution in [2.75, 3.05) is 39.3 Å². The number of piperazine rings is 1. The minimum atomic E-state index is -2.89. The molecule has 0 aromatic heterocycles. The van der Waals surface area contributed by atoms with E-state index in [1.807, 2.05) is 4.90 Å². The smallest absolute Gasteiger partial charge is 0.387 e. The first-order chi connectivity index (χ1) is 12.5. The number of rotatable bonds is 8. The first kappa shape index (κ1) is 20.1. The molecular weight excluding hydrogens is 344 g/mol. The quantitative estimate of drug-likeness (QED) is 0.712. The van der Waals surface area contributed by atoms with Crippen LogP contribution in [0.4, 0.5) is 8.78 Å². The fourth-order valence-electron chi connectivity index (χ4n) is 2.73. The lowest BCUT2D eigenvalue weighted by Gasteiger charge is -2.34. The van der Waals surface area contributed by atoms with Crippen LogP contribution in [0.3, 0.4) is 0 Å². The van der Waals surface area contributed by atoms with E-state index in [0.717, 1.165) is 12.8 Å². The fraction of sp³-hybridized carbons (Fsp3) is 0.556. The molecule has 1 aromatic carbocycles. The van der Waals surface area contributed by atoms with E-state index in [1.165, 1.54) is 24.3 Å². The van der Waals surface area contributed by atoms with Crippen molar-refractivity contribution >= 4 is 11.8 Å². The van der Waals surface area contributed by atoms with Gasteiger partial charge in [0.05, 0.1) is 6.54 Å². The standard InChI is InChI=1S/C18H25F2N3O3/c1-2-3-8-21-16(24)13-22-9-11-23(12-10-22)17(25)14-4-6-15(7-5-14)26-18(19)20/h4-7,18H,2-3,8-13H2,1H3,(H,21,24). The molecule has 1 aromatic rings. The zero-order valence-electron chi connectivity index (χ0n) is 14.9. The number of nitrogens with zero attached hydrogens (tertiary/aromatic N) is 2. The lowest BCUT2D eigenvalue weighted by atomic mass is 10.1. The molecule has 1 aliphatic heterocycles. The molecule has 1 aliphatic rings. The molecule has 26 heavy (non-hydrogen) atoms. The molecule has 1 N–H and O–H groups in total. The van der Waals surface area contributed by atoms with Crippen LogP contribution in [0.2, 0.25) is 0 Å². The molecule has 0 spiro atoms. The summed E-state index contributed by atoms with van der Waals surface area (Å²) in [7, 11) is 0. The average molecular weight is 369 g/mol. The van der Waals surface area contributed by atoms with Gasteiger partial charge in [-0.05, 0) is 30.7 Å². The largest absolute Gasteiger partial charge is 0.435 e. The molecule has 2 rings (SSSR count). The Balaban J connectivity index is 1.78. The third-order valence-corrected chi connectivity index (χ3v) is 4.21. The third kappa shape index (κ3) is 6.25. The normalized spacial score (nSPS) is 15.2. The van der Waals surface area contributed by atoms with Crippen LogP contribution in [0.1, 0.15) is 30.1 Å². The zero-order chi connectivity index (χ0) is 18.9. The zero-order valence-corrected chi connectivity index (χ0v) is 14.9. The van der Waals surface area contributed by atoms with Crippen molar-refractivity contribution in [2.24, 2.45) is 0 Å². The molecule has 8 heteroatoms. The second kappa shape index (κ2) is 10.1. The number of unbranched alkanes of at least 4 members (excludes halogenated alkanes) is 1. The number of ether oxygens (including phenoxy) is 1. The second-order valence-electron chi connectivity index (χ2n) is 6.17. The van der Waals surface area contributed by atoms with Gasteiger partial charge in [0.25, 0.3) is 5.91 Å². The number of benzene rings is 1. The van der Waals surface area contributed by atoms with E-state index in [-0.39, 0.29) is 17.6 Å². The molecule has 0 atom stereocenters. The molecule has 1 saturated heterocycles. The summed E-state index contributed by atoms with van der Waals surface area (Å²) in [5.74, 6) is -0.121. The summed E-state index contributed by atoms with van der Waals surface area (Å²) in [5.41, 5.74) is 0.428. The highest BCUT2D eigenvalue weighted by atomic mass is 19.3. The maximum Gasteiger partial charge on any atom is 0.387 e. The highest BCUT2D eigenvalue weighted by Crippen LogP contribution is 2.16. The van der Waals surface area contributed by atoms with E-state index < -0.39 is 6.61 Å². The lowest BCUT2D eigenvalue weighted by Crippen LogP contribution is -2.51. The summed E-state index contributed by atoms with van der Waals surface area (Å²) < 4.78 is 28.6. The van der Waals surface area contributed by atoms with E-state index in [0.29, 0.717) is 44.8 Å². The van der Waals surface area contributed by atoms with Crippen LogP contribution >= 0.6 is 0 Å². The Kier molecular flexibility index (Phi) is 7.77. The summed E-state index contributed by atoms with van der Waals surface area (Å²) in [6.45, 7) is 2.52. The minimum absolute atomic E-state index is 0.00726. The molecule has 0 bridgehead atoms. The van der Waals surface area contributed by atoms with Crippen molar-refractivity contribution in [3.8, 4) is 5.75 Å². The van der Waals surface area contributed by atoms with Crippen LogP contribution in [0.25, 0.3) is 0 Å². The van der Waals surface area contributed by atoms with Gasteiger partial charge in [-0.2, -0.15) is 8.78 Å². The van der Waals surface area contributed by atoms with Gasteiger partial charge in [-0.25, -0.2) is 0 Å². The van der Waals surface area contributed by atoms with Crippen LogP contribution in [-0.2, 0) is 4.79 Å². The van der Waals surface area contributed by atoms with Gasteiger partial charge in [-0.1, -0.05) is 13.3 Å². The number of nitrogens with one attached hydrogen (secondary N) is 1. The summed E-state index contributed by atoms with van der Waals surface area (Å²) in [4.78, 5) is 28.0. The maximum absolute atomic E-state index is 12.5. The molecule has 1 heterocycles. The SMILES string of the molecule is CCCCNC(=O)CN1CCN(C(=O)c2ccc(OC(F)F)cc2)CC1. The first-order valence-corrected chi connectivity index (χ1v) is 8.82. The average Bonchev–Trinajstić information content (AvgIpc) is 2.62. The molecule has 2 amide bonds. The van der Waals surface area contributed by atoms with Crippen LogP contribution in [0.5, 0.6) is 5.75 Å². The number of hydrogen-bond donors (Lipinski definition) is 1. The van der Waals surface area contributed by atoms with Crippen molar-refractivity contribution in [3.05, 3.63) is 29.8 Å². The van der Waals surface area contributed by atoms with Gasteiger partial charge >= 0.3 is 6.61 Å². The molecule has 0 saturated carbocycles. The highest BCUT2D eigenvalue weighted by Gasteiger charge is 2.23. The van der Waals surface area contributed by atoms with Crippen LogP contribution in [-0.4, -0.2) is 67.5 Å². The number of halogens is 2. The Morgan fingerprint density at radius 3 is 2.38 bits per heavy atom. The topological polar surface area (TPSA) is 61.9 Å². The number of alkyl halides is 2. The predicted octanol–water partition coefficient (Wildman–Crippen LogP) is 1.96. The summed E-state index contributed by atoms with van der Waals surface area (Å²) in [6.07, 6.45) is 2.01. The number of carbonyl (C=O) groups is 2. The minimum Gasteiger partial charge on any atom is -0.435 e. The molecule has 144 valence electrons. The van der Waals surface area contributed by atoms with E-state index in [1.54, 1.807) is 4.90 Å². The van der Waals surface area contributed by atoms with Gasteiger partial charge in [-0.3, -0.25) is 14.5 Å². The van der Waals surface area contributed by atoms with Gasteiger partial charge in [0.15, 0.2) is 0 Å². The molecule has 6 nitrogen and oxygen atoms in total. The van der Waals surface area contributed by atoms with Crippen molar-refractivity contribution in [3.63, 3.8) is 0 Å². The molecule has 0 unspecified atom stereocenters. The second-order valence-corrected chi connectivity index (χ2v) is 6.17. The number of carbonyl (C=O) groups excluding carboxylic acids is 2. The predicted molar refractivity (Wildman–Crippen MR) is 93.3 cm³/mol. The first-order valence-electron chi connectivity index (χ1n) is 8.82. The third-order valence-electron chi connectivity index (χ3n) is 4.21. The van der Waals surface area contributed by atoms with Crippen LogP contribution < -0.4 is 10.1 Å². The van der Waals surface area contributed by atoms with Gasteiger partial charge in [0.1, 0.15) is 5.75 Å². The molecule has 1 fully saturated rings. The van der Waals surface area contributed by atoms with Gasteiger partial charge in [0, 0.05) is 38.3 Å². The van der Waals surface area contributed by atoms with Crippen LogP contribution in [0.15, 0.2) is 24.3 Å². The van der Waals surface area contributed by atoms with Crippen molar-refractivity contribution in [2.45, 2.75) is 26.4 Å². The monoisotopic (exact) mass is 369 g/mol. The van der Waals surface area contributed by atoms with Crippen LogP contribution in [0, 0.1) is 0 Å². The van der Waals surface area contributed by atoms with E-state index in [2.05, 4.69) is 17.0 Å². The van der Waals surface area contributed by atoms with Crippen molar-refractivity contribution < 1.29 is 23.1 Å².